The fraction of sp³-hybridized carbons (Fsp3) is 0.357. The van der Waals surface area contributed by atoms with Crippen molar-refractivity contribution in [3.05, 3.63) is 93.2 Å². The Morgan fingerprint density at radius 3 is 2.50 bits per heavy atom. The standard InChI is InChI=1S/C28H33N5O2S/c1-5-23(32(17-9-16-29-4)27(34)22-14-12-19(2)13-15-22)25-30-26-24(20(3)31-36-26)28(35)33(25)18-21-10-7-6-8-11-21/h6-8,10-15,23,29H,5,9,16-18H2,1-4H3. The maximum atomic E-state index is 13.8. The average Bonchev–Trinajstić information content (AvgIpc) is 3.26. The molecule has 4 rings (SSSR count). The van der Waals surface area contributed by atoms with E-state index in [1.165, 1.54) is 11.5 Å². The van der Waals surface area contributed by atoms with E-state index in [0.29, 0.717) is 46.8 Å². The monoisotopic (exact) mass is 503 g/mol. The van der Waals surface area contributed by atoms with Crippen LogP contribution in [-0.4, -0.2) is 44.9 Å². The van der Waals surface area contributed by atoms with E-state index in [4.69, 9.17) is 4.98 Å². The molecule has 4 aromatic rings. The van der Waals surface area contributed by atoms with Gasteiger partial charge in [-0.15, -0.1) is 0 Å². The molecule has 2 aromatic heterocycles. The number of rotatable bonds is 10. The van der Waals surface area contributed by atoms with Crippen LogP contribution in [0.5, 0.6) is 0 Å². The van der Waals surface area contributed by atoms with Crippen molar-refractivity contribution >= 4 is 27.7 Å². The van der Waals surface area contributed by atoms with Gasteiger partial charge in [-0.1, -0.05) is 55.0 Å². The second-order valence-corrected chi connectivity index (χ2v) is 9.79. The summed E-state index contributed by atoms with van der Waals surface area (Å²) in [4.78, 5) is 35.1. The van der Waals surface area contributed by atoms with Gasteiger partial charge in [0.15, 0.2) is 4.83 Å². The number of hydrogen-bond acceptors (Lipinski definition) is 6. The number of nitrogens with one attached hydrogen (secondary N) is 1. The lowest BCUT2D eigenvalue weighted by atomic mass is 10.1. The van der Waals surface area contributed by atoms with Crippen molar-refractivity contribution in [2.45, 2.75) is 46.2 Å². The van der Waals surface area contributed by atoms with E-state index in [-0.39, 0.29) is 17.5 Å². The second kappa shape index (κ2) is 11.6. The van der Waals surface area contributed by atoms with Gasteiger partial charge in [0.25, 0.3) is 11.5 Å². The topological polar surface area (TPSA) is 80.1 Å². The van der Waals surface area contributed by atoms with Crippen molar-refractivity contribution in [1.82, 2.24) is 24.1 Å². The molecule has 0 radical (unpaired) electrons. The average molecular weight is 504 g/mol. The molecular weight excluding hydrogens is 470 g/mol. The molecule has 0 aliphatic carbocycles. The minimum Gasteiger partial charge on any atom is -0.328 e. The molecule has 0 fully saturated rings. The van der Waals surface area contributed by atoms with Gasteiger partial charge in [0.1, 0.15) is 5.82 Å². The Balaban J connectivity index is 1.85. The number of benzene rings is 2. The van der Waals surface area contributed by atoms with Crippen LogP contribution in [-0.2, 0) is 6.54 Å². The molecule has 36 heavy (non-hydrogen) atoms. The largest absolute Gasteiger partial charge is 0.328 e. The number of nitrogens with zero attached hydrogens (tertiary/aromatic N) is 4. The van der Waals surface area contributed by atoms with E-state index in [1.807, 2.05) is 87.3 Å². The highest BCUT2D eigenvalue weighted by molar-refractivity contribution is 7.12. The lowest BCUT2D eigenvalue weighted by Gasteiger charge is -2.32. The smallest absolute Gasteiger partial charge is 0.264 e. The van der Waals surface area contributed by atoms with E-state index < -0.39 is 0 Å². The maximum absolute atomic E-state index is 13.8. The minimum atomic E-state index is -0.362. The van der Waals surface area contributed by atoms with Crippen molar-refractivity contribution in [1.29, 1.82) is 0 Å². The molecule has 1 atom stereocenters. The Morgan fingerprint density at radius 1 is 1.11 bits per heavy atom. The van der Waals surface area contributed by atoms with Gasteiger partial charge in [0, 0.05) is 12.1 Å². The first kappa shape index (κ1) is 25.7. The number of aromatic nitrogens is 3. The number of fused-ring (bicyclic) bond motifs is 1. The third kappa shape index (κ3) is 5.39. The number of hydrogen-bond donors (Lipinski definition) is 1. The molecular formula is C28H33N5O2S. The molecule has 2 aromatic carbocycles. The fourth-order valence-electron chi connectivity index (χ4n) is 4.49. The van der Waals surface area contributed by atoms with Gasteiger partial charge in [-0.3, -0.25) is 14.2 Å². The van der Waals surface area contributed by atoms with Gasteiger partial charge < -0.3 is 10.2 Å². The third-order valence-corrected chi connectivity index (χ3v) is 7.26. The summed E-state index contributed by atoms with van der Waals surface area (Å²) in [6.07, 6.45) is 1.41. The van der Waals surface area contributed by atoms with E-state index in [1.54, 1.807) is 4.57 Å². The first-order chi connectivity index (χ1) is 17.4. The van der Waals surface area contributed by atoms with Crippen LogP contribution >= 0.6 is 11.5 Å². The van der Waals surface area contributed by atoms with Crippen LogP contribution in [0.2, 0.25) is 0 Å². The summed E-state index contributed by atoms with van der Waals surface area (Å²) in [5.41, 5.74) is 3.32. The lowest BCUT2D eigenvalue weighted by Crippen LogP contribution is -2.40. The summed E-state index contributed by atoms with van der Waals surface area (Å²) in [7, 11) is 1.91. The lowest BCUT2D eigenvalue weighted by molar-refractivity contribution is 0.0654. The summed E-state index contributed by atoms with van der Waals surface area (Å²) >= 11 is 1.24. The van der Waals surface area contributed by atoms with Crippen LogP contribution in [0.3, 0.4) is 0 Å². The number of amides is 1. The van der Waals surface area contributed by atoms with Crippen molar-refractivity contribution in [2.75, 3.05) is 20.1 Å². The molecule has 7 nitrogen and oxygen atoms in total. The van der Waals surface area contributed by atoms with Crippen molar-refractivity contribution in [2.24, 2.45) is 0 Å². The number of aryl methyl sites for hydroxylation is 2. The first-order valence-corrected chi connectivity index (χ1v) is 13.1. The highest BCUT2D eigenvalue weighted by atomic mass is 32.1. The summed E-state index contributed by atoms with van der Waals surface area (Å²) in [5.74, 6) is 0.548. The summed E-state index contributed by atoms with van der Waals surface area (Å²) in [6.45, 7) is 7.60. The minimum absolute atomic E-state index is 0.0564. The predicted molar refractivity (Wildman–Crippen MR) is 146 cm³/mol. The van der Waals surface area contributed by atoms with Crippen molar-refractivity contribution < 1.29 is 4.79 Å². The summed E-state index contributed by atoms with van der Waals surface area (Å²) < 4.78 is 6.14. The van der Waals surface area contributed by atoms with Crippen LogP contribution in [0.25, 0.3) is 10.2 Å². The van der Waals surface area contributed by atoms with Crippen LogP contribution in [0.15, 0.2) is 59.4 Å². The zero-order valence-electron chi connectivity index (χ0n) is 21.3. The van der Waals surface area contributed by atoms with E-state index >= 15 is 0 Å². The van der Waals surface area contributed by atoms with Gasteiger partial charge in [0.05, 0.1) is 23.7 Å². The summed E-state index contributed by atoms with van der Waals surface area (Å²) in [6, 6.07) is 17.2. The fourth-order valence-corrected chi connectivity index (χ4v) is 5.26. The molecule has 0 aliphatic rings. The Labute approximate surface area is 216 Å². The third-order valence-electron chi connectivity index (χ3n) is 6.43. The molecule has 0 saturated heterocycles. The Hall–Kier alpha value is -3.36. The highest BCUT2D eigenvalue weighted by Gasteiger charge is 2.30. The Bertz CT molecular complexity index is 1380. The molecule has 0 bridgehead atoms. The molecule has 0 saturated carbocycles. The van der Waals surface area contributed by atoms with Crippen LogP contribution in [0, 0.1) is 13.8 Å². The molecule has 1 unspecified atom stereocenters. The van der Waals surface area contributed by atoms with Crippen molar-refractivity contribution in [3.63, 3.8) is 0 Å². The first-order valence-electron chi connectivity index (χ1n) is 12.4. The van der Waals surface area contributed by atoms with Crippen LogP contribution in [0.4, 0.5) is 0 Å². The van der Waals surface area contributed by atoms with E-state index in [9.17, 15) is 9.59 Å². The Kier molecular flexibility index (Phi) is 8.28. The maximum Gasteiger partial charge on any atom is 0.264 e. The van der Waals surface area contributed by atoms with Gasteiger partial charge >= 0.3 is 0 Å². The molecule has 0 aliphatic heterocycles. The van der Waals surface area contributed by atoms with E-state index in [0.717, 1.165) is 24.1 Å². The molecule has 8 heteroatoms. The zero-order chi connectivity index (χ0) is 25.7. The molecule has 0 spiro atoms. The van der Waals surface area contributed by atoms with Gasteiger partial charge in [-0.2, -0.15) is 4.37 Å². The summed E-state index contributed by atoms with van der Waals surface area (Å²) in [5, 5.41) is 3.73. The molecule has 1 N–H and O–H groups in total. The van der Waals surface area contributed by atoms with Crippen LogP contribution in [0.1, 0.15) is 58.8 Å². The zero-order valence-corrected chi connectivity index (χ0v) is 22.1. The second-order valence-electron chi connectivity index (χ2n) is 9.04. The number of carbonyl (C=O) groups excluding carboxylic acids is 1. The molecule has 1 amide bonds. The van der Waals surface area contributed by atoms with Gasteiger partial charge in [-0.25, -0.2) is 4.98 Å². The normalized spacial score (nSPS) is 12.1. The van der Waals surface area contributed by atoms with Crippen molar-refractivity contribution in [3.8, 4) is 0 Å². The van der Waals surface area contributed by atoms with Gasteiger partial charge in [0.2, 0.25) is 0 Å². The SMILES string of the molecule is CCC(c1nc2snc(C)c2c(=O)n1Cc1ccccc1)N(CCCNC)C(=O)c1ccc(C)cc1. The predicted octanol–water partition coefficient (Wildman–Crippen LogP) is 4.72. The Morgan fingerprint density at radius 2 is 1.83 bits per heavy atom. The molecule has 188 valence electrons. The molecule has 2 heterocycles. The highest BCUT2D eigenvalue weighted by Crippen LogP contribution is 2.28. The van der Waals surface area contributed by atoms with Crippen LogP contribution < -0.4 is 10.9 Å². The van der Waals surface area contributed by atoms with E-state index in [2.05, 4.69) is 9.69 Å². The number of carbonyl (C=O) groups is 1. The quantitative estimate of drug-likeness (QED) is 0.317. The van der Waals surface area contributed by atoms with Gasteiger partial charge in [-0.05, 0) is 69.5 Å².